The Kier molecular flexibility index (Phi) is 7.44. The number of benzene rings is 1. The number of pyridine rings is 1. The van der Waals surface area contributed by atoms with E-state index in [0.29, 0.717) is 38.4 Å². The zero-order valence-electron chi connectivity index (χ0n) is 15.9. The van der Waals surface area contributed by atoms with E-state index in [-0.39, 0.29) is 10.5 Å². The van der Waals surface area contributed by atoms with Gasteiger partial charge < -0.3 is 14.0 Å². The third-order valence-corrected chi connectivity index (χ3v) is 6.20. The van der Waals surface area contributed by atoms with Crippen LogP contribution in [0.15, 0.2) is 52.3 Å². The van der Waals surface area contributed by atoms with Crippen LogP contribution in [0.2, 0.25) is 0 Å². The summed E-state index contributed by atoms with van der Waals surface area (Å²) in [5, 5.41) is 0. The standard InChI is InChI=1S/C19H26N2O5S/c1-4-21(5-2)27(23,24)18-11-12-19(22)20(15-18)13-6-14-26-17-9-7-16(25-3)8-10-17/h7-12,15H,4-6,13-14H2,1-3H3. The van der Waals surface area contributed by atoms with Crippen LogP contribution < -0.4 is 15.0 Å². The Morgan fingerprint density at radius 2 is 1.63 bits per heavy atom. The average molecular weight is 394 g/mol. The Labute approximate surface area is 160 Å². The lowest BCUT2D eigenvalue weighted by atomic mass is 10.3. The maximum absolute atomic E-state index is 12.6. The Bertz CT molecular complexity index is 887. The van der Waals surface area contributed by atoms with Crippen LogP contribution in [0.1, 0.15) is 20.3 Å². The van der Waals surface area contributed by atoms with Crippen molar-refractivity contribution in [3.8, 4) is 11.5 Å². The van der Waals surface area contributed by atoms with Crippen molar-refractivity contribution < 1.29 is 17.9 Å². The van der Waals surface area contributed by atoms with Crippen LogP contribution in [0.3, 0.4) is 0 Å². The van der Waals surface area contributed by atoms with E-state index in [1.165, 1.54) is 27.2 Å². The minimum atomic E-state index is -3.59. The first-order valence-electron chi connectivity index (χ1n) is 8.89. The molecule has 0 bridgehead atoms. The van der Waals surface area contributed by atoms with Gasteiger partial charge in [-0.2, -0.15) is 4.31 Å². The molecule has 0 radical (unpaired) electrons. The smallest absolute Gasteiger partial charge is 0.250 e. The first kappa shape index (κ1) is 21.0. The Morgan fingerprint density at radius 1 is 1.00 bits per heavy atom. The SMILES string of the molecule is CCN(CC)S(=O)(=O)c1ccc(=O)n(CCCOc2ccc(OC)cc2)c1. The van der Waals surface area contributed by atoms with E-state index in [2.05, 4.69) is 0 Å². The molecule has 0 saturated carbocycles. The predicted octanol–water partition coefficient (Wildman–Crippen LogP) is 2.36. The van der Waals surface area contributed by atoms with Gasteiger partial charge in [0.15, 0.2) is 0 Å². The highest BCUT2D eigenvalue weighted by molar-refractivity contribution is 7.89. The second-order valence-electron chi connectivity index (χ2n) is 5.86. The summed E-state index contributed by atoms with van der Waals surface area (Å²) in [5.41, 5.74) is -0.238. The van der Waals surface area contributed by atoms with Gasteiger partial charge in [-0.05, 0) is 36.8 Å². The van der Waals surface area contributed by atoms with E-state index < -0.39 is 10.0 Å². The molecule has 1 aromatic carbocycles. The van der Waals surface area contributed by atoms with Crippen molar-refractivity contribution in [1.29, 1.82) is 0 Å². The van der Waals surface area contributed by atoms with Crippen molar-refractivity contribution in [2.45, 2.75) is 31.7 Å². The third-order valence-electron chi connectivity index (χ3n) is 4.17. The topological polar surface area (TPSA) is 77.8 Å². The molecule has 0 atom stereocenters. The molecule has 1 aromatic heterocycles. The van der Waals surface area contributed by atoms with Gasteiger partial charge in [-0.15, -0.1) is 0 Å². The van der Waals surface area contributed by atoms with Gasteiger partial charge >= 0.3 is 0 Å². The summed E-state index contributed by atoms with van der Waals surface area (Å²) < 4.78 is 38.7. The Balaban J connectivity index is 2.01. The summed E-state index contributed by atoms with van der Waals surface area (Å²) in [6.45, 7) is 5.12. The molecule has 0 aliphatic heterocycles. The van der Waals surface area contributed by atoms with Gasteiger partial charge in [-0.3, -0.25) is 4.79 Å². The van der Waals surface area contributed by atoms with Gasteiger partial charge in [-0.1, -0.05) is 13.8 Å². The average Bonchev–Trinajstić information content (AvgIpc) is 2.67. The highest BCUT2D eigenvalue weighted by Crippen LogP contribution is 2.17. The molecule has 0 spiro atoms. The lowest BCUT2D eigenvalue weighted by molar-refractivity contribution is 0.300. The van der Waals surface area contributed by atoms with Gasteiger partial charge in [-0.25, -0.2) is 8.42 Å². The number of aryl methyl sites for hydroxylation is 1. The van der Waals surface area contributed by atoms with Crippen LogP contribution in [0.25, 0.3) is 0 Å². The van der Waals surface area contributed by atoms with Crippen molar-refractivity contribution in [2.24, 2.45) is 0 Å². The maximum atomic E-state index is 12.6. The molecule has 0 saturated heterocycles. The van der Waals surface area contributed by atoms with Gasteiger partial charge in [0.25, 0.3) is 5.56 Å². The summed E-state index contributed by atoms with van der Waals surface area (Å²) in [5.74, 6) is 1.46. The molecule has 1 heterocycles. The highest BCUT2D eigenvalue weighted by atomic mass is 32.2. The van der Waals surface area contributed by atoms with Crippen LogP contribution >= 0.6 is 0 Å². The number of hydrogen-bond acceptors (Lipinski definition) is 5. The molecule has 0 fully saturated rings. The predicted molar refractivity (Wildman–Crippen MR) is 104 cm³/mol. The summed E-state index contributed by atoms with van der Waals surface area (Å²) in [6.07, 6.45) is 1.98. The number of hydrogen-bond donors (Lipinski definition) is 0. The molecule has 0 N–H and O–H groups in total. The second kappa shape index (κ2) is 9.57. The minimum Gasteiger partial charge on any atom is -0.497 e. The van der Waals surface area contributed by atoms with E-state index in [4.69, 9.17) is 9.47 Å². The first-order valence-corrected chi connectivity index (χ1v) is 10.3. The molecule has 2 aromatic rings. The normalized spacial score (nSPS) is 11.6. The van der Waals surface area contributed by atoms with Crippen LogP contribution in [-0.4, -0.2) is 44.1 Å². The number of methoxy groups -OCH3 is 1. The Hall–Kier alpha value is -2.32. The summed E-state index contributed by atoms with van der Waals surface area (Å²) in [7, 11) is -1.99. The lowest BCUT2D eigenvalue weighted by Crippen LogP contribution is -2.32. The van der Waals surface area contributed by atoms with Crippen molar-refractivity contribution in [3.63, 3.8) is 0 Å². The van der Waals surface area contributed by atoms with E-state index in [1.807, 2.05) is 12.1 Å². The summed E-state index contributed by atoms with van der Waals surface area (Å²) in [4.78, 5) is 12.2. The monoisotopic (exact) mass is 394 g/mol. The van der Waals surface area contributed by atoms with Gasteiger partial charge in [0.05, 0.1) is 18.6 Å². The van der Waals surface area contributed by atoms with Gasteiger partial charge in [0.2, 0.25) is 10.0 Å². The molecular formula is C19H26N2O5S. The number of aromatic nitrogens is 1. The van der Waals surface area contributed by atoms with Crippen LogP contribution in [0.4, 0.5) is 0 Å². The molecule has 27 heavy (non-hydrogen) atoms. The van der Waals surface area contributed by atoms with E-state index >= 15 is 0 Å². The van der Waals surface area contributed by atoms with Crippen molar-refractivity contribution >= 4 is 10.0 Å². The molecule has 0 aliphatic rings. The quantitative estimate of drug-likeness (QED) is 0.578. The van der Waals surface area contributed by atoms with E-state index in [9.17, 15) is 13.2 Å². The van der Waals surface area contributed by atoms with Crippen molar-refractivity contribution in [1.82, 2.24) is 8.87 Å². The van der Waals surface area contributed by atoms with Gasteiger partial charge in [0.1, 0.15) is 11.5 Å². The lowest BCUT2D eigenvalue weighted by Gasteiger charge is -2.19. The van der Waals surface area contributed by atoms with Crippen LogP contribution in [-0.2, 0) is 16.6 Å². The second-order valence-corrected chi connectivity index (χ2v) is 7.80. The molecule has 8 heteroatoms. The van der Waals surface area contributed by atoms with Crippen molar-refractivity contribution in [2.75, 3.05) is 26.8 Å². The number of nitrogens with zero attached hydrogens (tertiary/aromatic N) is 2. The molecule has 148 valence electrons. The fourth-order valence-electron chi connectivity index (χ4n) is 2.65. The van der Waals surface area contributed by atoms with Gasteiger partial charge in [0, 0.05) is 31.9 Å². The molecule has 2 rings (SSSR count). The fourth-order valence-corrected chi connectivity index (χ4v) is 4.12. The number of ether oxygens (including phenoxy) is 2. The zero-order valence-corrected chi connectivity index (χ0v) is 16.7. The Morgan fingerprint density at radius 3 is 2.22 bits per heavy atom. The van der Waals surface area contributed by atoms with E-state index in [1.54, 1.807) is 33.1 Å². The number of rotatable bonds is 10. The maximum Gasteiger partial charge on any atom is 0.250 e. The minimum absolute atomic E-state index is 0.127. The van der Waals surface area contributed by atoms with Crippen molar-refractivity contribution in [3.05, 3.63) is 52.9 Å². The highest BCUT2D eigenvalue weighted by Gasteiger charge is 2.22. The molecular weight excluding hydrogens is 368 g/mol. The molecule has 0 unspecified atom stereocenters. The molecule has 7 nitrogen and oxygen atoms in total. The third kappa shape index (κ3) is 5.33. The largest absolute Gasteiger partial charge is 0.497 e. The van der Waals surface area contributed by atoms with Crippen LogP contribution in [0, 0.1) is 0 Å². The fraction of sp³-hybridized carbons (Fsp3) is 0.421. The number of sulfonamides is 1. The zero-order chi connectivity index (χ0) is 19.9. The summed E-state index contributed by atoms with van der Waals surface area (Å²) >= 11 is 0. The molecule has 0 aliphatic carbocycles. The first-order chi connectivity index (χ1) is 12.9. The molecule has 0 amide bonds. The summed E-state index contributed by atoms with van der Waals surface area (Å²) in [6, 6.07) is 9.88. The van der Waals surface area contributed by atoms with E-state index in [0.717, 1.165) is 5.75 Å². The van der Waals surface area contributed by atoms with Crippen LogP contribution in [0.5, 0.6) is 11.5 Å².